The van der Waals surface area contributed by atoms with Gasteiger partial charge in [0.15, 0.2) is 0 Å². The molecular formula is C17H24FN3O2. The molecule has 2 rings (SSSR count). The molecule has 126 valence electrons. The Balaban J connectivity index is 1.88. The molecule has 5 nitrogen and oxygen atoms in total. The molecule has 2 amide bonds. The summed E-state index contributed by atoms with van der Waals surface area (Å²) in [6.45, 7) is 7.21. The molecule has 23 heavy (non-hydrogen) atoms. The van der Waals surface area contributed by atoms with E-state index >= 15 is 0 Å². The summed E-state index contributed by atoms with van der Waals surface area (Å²) in [7, 11) is 0. The van der Waals surface area contributed by atoms with Crippen molar-refractivity contribution < 1.29 is 14.0 Å². The van der Waals surface area contributed by atoms with Crippen molar-refractivity contribution in [1.82, 2.24) is 9.80 Å². The number of rotatable bonds is 5. The van der Waals surface area contributed by atoms with Crippen LogP contribution in [0.4, 0.5) is 10.1 Å². The van der Waals surface area contributed by atoms with Gasteiger partial charge >= 0.3 is 0 Å². The molecule has 1 fully saturated rings. The summed E-state index contributed by atoms with van der Waals surface area (Å²) in [6, 6.07) is 6.66. The highest BCUT2D eigenvalue weighted by atomic mass is 19.1. The first kappa shape index (κ1) is 17.2. The van der Waals surface area contributed by atoms with Gasteiger partial charge in [0, 0.05) is 39.3 Å². The van der Waals surface area contributed by atoms with Crippen LogP contribution in [0, 0.1) is 5.82 Å². The molecule has 0 spiro atoms. The fraction of sp³-hybridized carbons (Fsp3) is 0.529. The van der Waals surface area contributed by atoms with Crippen LogP contribution in [0.5, 0.6) is 0 Å². The minimum Gasteiger partial charge on any atom is -0.366 e. The molecule has 0 saturated carbocycles. The maximum absolute atomic E-state index is 13.8. The van der Waals surface area contributed by atoms with Gasteiger partial charge in [0.1, 0.15) is 12.2 Å². The van der Waals surface area contributed by atoms with Crippen LogP contribution >= 0.6 is 0 Å². The van der Waals surface area contributed by atoms with E-state index in [1.807, 2.05) is 18.7 Å². The van der Waals surface area contributed by atoms with Crippen LogP contribution in [0.25, 0.3) is 0 Å². The first-order valence-corrected chi connectivity index (χ1v) is 8.11. The number of piperazine rings is 1. The number of carbonyl (C=O) groups is 2. The largest absolute Gasteiger partial charge is 0.366 e. The number of benzene rings is 1. The van der Waals surface area contributed by atoms with Crippen LogP contribution in [0.3, 0.4) is 0 Å². The van der Waals surface area contributed by atoms with Gasteiger partial charge < -0.3 is 14.7 Å². The first-order chi connectivity index (χ1) is 11.1. The van der Waals surface area contributed by atoms with Gasteiger partial charge in [0.2, 0.25) is 11.8 Å². The summed E-state index contributed by atoms with van der Waals surface area (Å²) < 4.78 is 13.8. The van der Waals surface area contributed by atoms with Gasteiger partial charge in [-0.3, -0.25) is 9.59 Å². The molecule has 1 aromatic rings. The molecular weight excluding hydrogens is 297 g/mol. The lowest BCUT2D eigenvalue weighted by Crippen LogP contribution is -2.50. The summed E-state index contributed by atoms with van der Waals surface area (Å²) in [6.07, 6.45) is -0.0820. The van der Waals surface area contributed by atoms with Gasteiger partial charge in [-0.25, -0.2) is 4.39 Å². The highest BCUT2D eigenvalue weighted by Gasteiger charge is 2.25. The summed E-state index contributed by atoms with van der Waals surface area (Å²) in [5, 5.41) is 0. The minimum atomic E-state index is -0.246. The van der Waals surface area contributed by atoms with Crippen molar-refractivity contribution in [3.63, 3.8) is 0 Å². The average molecular weight is 321 g/mol. The highest BCUT2D eigenvalue weighted by molar-refractivity contribution is 5.97. The Morgan fingerprint density at radius 1 is 1.09 bits per heavy atom. The van der Waals surface area contributed by atoms with Crippen molar-refractivity contribution >= 4 is 17.5 Å². The Hall–Kier alpha value is -2.11. The molecule has 0 N–H and O–H groups in total. The molecule has 0 unspecified atom stereocenters. The zero-order chi connectivity index (χ0) is 16.8. The third-order valence-electron chi connectivity index (χ3n) is 4.24. The Morgan fingerprint density at radius 2 is 1.70 bits per heavy atom. The molecule has 6 heteroatoms. The molecule has 1 heterocycles. The van der Waals surface area contributed by atoms with Gasteiger partial charge in [-0.05, 0) is 26.0 Å². The topological polar surface area (TPSA) is 43.9 Å². The third-order valence-corrected chi connectivity index (χ3v) is 4.24. The van der Waals surface area contributed by atoms with Gasteiger partial charge in [0.25, 0.3) is 0 Å². The second-order valence-electron chi connectivity index (χ2n) is 5.56. The molecule has 0 atom stereocenters. The highest BCUT2D eigenvalue weighted by Crippen LogP contribution is 2.20. The second kappa shape index (κ2) is 7.94. The smallest absolute Gasteiger partial charge is 0.232 e. The number of halogens is 1. The Morgan fingerprint density at radius 3 is 2.26 bits per heavy atom. The fourth-order valence-electron chi connectivity index (χ4n) is 2.83. The maximum atomic E-state index is 13.8. The fourth-order valence-corrected chi connectivity index (χ4v) is 2.83. The number of nitrogens with zero attached hydrogens (tertiary/aromatic N) is 3. The van der Waals surface area contributed by atoms with Crippen molar-refractivity contribution in [3.8, 4) is 0 Å². The van der Waals surface area contributed by atoms with Gasteiger partial charge in [-0.1, -0.05) is 12.1 Å². The van der Waals surface area contributed by atoms with Gasteiger partial charge in [-0.15, -0.1) is 0 Å². The number of carbonyl (C=O) groups excluding carboxylic acids is 2. The monoisotopic (exact) mass is 321 g/mol. The molecule has 0 aliphatic carbocycles. The Labute approximate surface area is 136 Å². The normalized spacial score (nSPS) is 14.7. The first-order valence-electron chi connectivity index (χ1n) is 8.11. The van der Waals surface area contributed by atoms with E-state index in [0.29, 0.717) is 45.0 Å². The lowest BCUT2D eigenvalue weighted by molar-refractivity contribution is -0.140. The predicted molar refractivity (Wildman–Crippen MR) is 87.7 cm³/mol. The Kier molecular flexibility index (Phi) is 5.96. The average Bonchev–Trinajstić information content (AvgIpc) is 2.56. The van der Waals surface area contributed by atoms with E-state index in [2.05, 4.69) is 0 Å². The van der Waals surface area contributed by atoms with E-state index in [4.69, 9.17) is 0 Å². The SMILES string of the molecule is CCN(CC)C(=O)CC(=O)N1CCN(c2ccccc2F)CC1. The minimum absolute atomic E-state index is 0.0820. The molecule has 0 aromatic heterocycles. The van der Waals surface area contributed by atoms with E-state index in [0.717, 1.165) is 0 Å². The van der Waals surface area contributed by atoms with Crippen LogP contribution in [-0.4, -0.2) is 60.9 Å². The second-order valence-corrected chi connectivity index (χ2v) is 5.56. The summed E-state index contributed by atoms with van der Waals surface area (Å²) in [4.78, 5) is 29.5. The number of para-hydroxylation sites is 1. The zero-order valence-corrected chi connectivity index (χ0v) is 13.8. The number of hydrogen-bond acceptors (Lipinski definition) is 3. The maximum Gasteiger partial charge on any atom is 0.232 e. The van der Waals surface area contributed by atoms with E-state index in [9.17, 15) is 14.0 Å². The van der Waals surface area contributed by atoms with E-state index in [-0.39, 0.29) is 24.1 Å². The number of anilines is 1. The predicted octanol–water partition coefficient (Wildman–Crippen LogP) is 1.73. The Bertz CT molecular complexity index is 553. The van der Waals surface area contributed by atoms with E-state index in [1.54, 1.807) is 28.0 Å². The molecule has 1 aliphatic heterocycles. The number of amides is 2. The quantitative estimate of drug-likeness (QED) is 0.776. The lowest BCUT2D eigenvalue weighted by Gasteiger charge is -2.36. The molecule has 0 bridgehead atoms. The van der Waals surface area contributed by atoms with Crippen LogP contribution in [0.1, 0.15) is 20.3 Å². The molecule has 1 aliphatic rings. The van der Waals surface area contributed by atoms with Gasteiger partial charge in [-0.2, -0.15) is 0 Å². The van der Waals surface area contributed by atoms with Crippen molar-refractivity contribution in [2.24, 2.45) is 0 Å². The summed E-state index contributed by atoms with van der Waals surface area (Å²) in [5.74, 6) is -0.518. The van der Waals surface area contributed by atoms with E-state index in [1.165, 1.54) is 6.07 Å². The van der Waals surface area contributed by atoms with Crippen LogP contribution in [0.15, 0.2) is 24.3 Å². The third kappa shape index (κ3) is 4.21. The van der Waals surface area contributed by atoms with Crippen LogP contribution in [-0.2, 0) is 9.59 Å². The molecule has 1 aromatic carbocycles. The molecule has 1 saturated heterocycles. The lowest BCUT2D eigenvalue weighted by atomic mass is 10.2. The van der Waals surface area contributed by atoms with Crippen molar-refractivity contribution in [1.29, 1.82) is 0 Å². The van der Waals surface area contributed by atoms with Gasteiger partial charge in [0.05, 0.1) is 5.69 Å². The summed E-state index contributed by atoms with van der Waals surface area (Å²) >= 11 is 0. The molecule has 0 radical (unpaired) electrons. The van der Waals surface area contributed by atoms with Crippen molar-refractivity contribution in [2.45, 2.75) is 20.3 Å². The summed E-state index contributed by atoms with van der Waals surface area (Å²) in [5.41, 5.74) is 0.568. The van der Waals surface area contributed by atoms with Crippen LogP contribution < -0.4 is 4.90 Å². The van der Waals surface area contributed by atoms with Crippen molar-refractivity contribution in [2.75, 3.05) is 44.2 Å². The standard InChI is InChI=1S/C17H24FN3O2/c1-3-19(4-2)16(22)13-17(23)21-11-9-20(10-12-21)15-8-6-5-7-14(15)18/h5-8H,3-4,9-13H2,1-2H3. The number of hydrogen-bond donors (Lipinski definition) is 0. The van der Waals surface area contributed by atoms with Crippen LogP contribution in [0.2, 0.25) is 0 Å². The van der Waals surface area contributed by atoms with Crippen molar-refractivity contribution in [3.05, 3.63) is 30.1 Å². The zero-order valence-electron chi connectivity index (χ0n) is 13.8. The van der Waals surface area contributed by atoms with E-state index < -0.39 is 0 Å².